The molecule has 0 radical (unpaired) electrons. The van der Waals surface area contributed by atoms with Crippen LogP contribution in [0.3, 0.4) is 0 Å². The number of aliphatic hydroxyl groups is 1. The fourth-order valence-corrected chi connectivity index (χ4v) is 4.73. The fraction of sp³-hybridized carbons (Fsp3) is 0.240. The van der Waals surface area contributed by atoms with E-state index in [9.17, 15) is 9.90 Å². The van der Waals surface area contributed by atoms with Crippen LogP contribution >= 0.6 is 11.6 Å². The molecule has 0 saturated carbocycles. The monoisotopic (exact) mass is 434 g/mol. The molecule has 3 aromatic carbocycles. The zero-order valence-corrected chi connectivity index (χ0v) is 17.6. The Balaban J connectivity index is 1.37. The zero-order valence-electron chi connectivity index (χ0n) is 16.8. The lowest BCUT2D eigenvalue weighted by Gasteiger charge is -2.33. The predicted octanol–water partition coefficient (Wildman–Crippen LogP) is 5.19. The summed E-state index contributed by atoms with van der Waals surface area (Å²) in [6, 6.07) is 20.7. The number of rotatable bonds is 3. The Bertz CT molecular complexity index is 1130. The van der Waals surface area contributed by atoms with E-state index in [4.69, 9.17) is 16.3 Å². The highest BCUT2D eigenvalue weighted by Crippen LogP contribution is 2.41. The first-order valence-electron chi connectivity index (χ1n) is 10.4. The van der Waals surface area contributed by atoms with Crippen molar-refractivity contribution < 1.29 is 14.6 Å². The van der Waals surface area contributed by atoms with Gasteiger partial charge in [-0.2, -0.15) is 0 Å². The third kappa shape index (κ3) is 4.11. The van der Waals surface area contributed by atoms with E-state index >= 15 is 0 Å². The van der Waals surface area contributed by atoms with E-state index in [2.05, 4.69) is 10.6 Å². The van der Waals surface area contributed by atoms with E-state index in [1.54, 1.807) is 0 Å². The number of carbonyl (C=O) groups excluding carboxylic acids is 1. The standard InChI is InChI=1S/C25H23ClN2O3/c26-17-7-3-6-16(11-17)24-14-22(19-8-1-2-10-23(19)31-24)28-25(30)27-21-9-4-5-15-12-18(29)13-20(15)21/h1-11,18,22,24,29H,12-14H2,(H2,27,28,30). The van der Waals surface area contributed by atoms with Gasteiger partial charge in [0.1, 0.15) is 11.9 Å². The summed E-state index contributed by atoms with van der Waals surface area (Å²) in [6.07, 6.45) is 1.18. The minimum Gasteiger partial charge on any atom is -0.485 e. The first-order valence-corrected chi connectivity index (χ1v) is 10.8. The van der Waals surface area contributed by atoms with Crippen LogP contribution in [0.2, 0.25) is 5.02 Å². The third-order valence-corrected chi connectivity index (χ3v) is 6.19. The van der Waals surface area contributed by atoms with Crippen LogP contribution in [0.25, 0.3) is 0 Å². The molecule has 31 heavy (non-hydrogen) atoms. The molecule has 1 aliphatic carbocycles. The molecule has 6 heteroatoms. The molecule has 5 rings (SSSR count). The van der Waals surface area contributed by atoms with E-state index in [-0.39, 0.29) is 24.3 Å². The Hall–Kier alpha value is -3.02. The number of anilines is 1. The summed E-state index contributed by atoms with van der Waals surface area (Å²) in [6.45, 7) is 0. The van der Waals surface area contributed by atoms with E-state index in [1.165, 1.54) is 0 Å². The van der Waals surface area contributed by atoms with Crippen molar-refractivity contribution in [3.8, 4) is 5.75 Å². The van der Waals surface area contributed by atoms with Crippen LogP contribution in [-0.4, -0.2) is 17.2 Å². The second kappa shape index (κ2) is 8.25. The Morgan fingerprint density at radius 3 is 2.74 bits per heavy atom. The topological polar surface area (TPSA) is 70.6 Å². The number of aliphatic hydroxyl groups excluding tert-OH is 1. The SMILES string of the molecule is O=C(Nc1cccc2c1CC(O)C2)NC1CC(c2cccc(Cl)c2)Oc2ccccc21. The largest absolute Gasteiger partial charge is 0.485 e. The third-order valence-electron chi connectivity index (χ3n) is 5.96. The minimum atomic E-state index is -0.387. The minimum absolute atomic E-state index is 0.212. The lowest BCUT2D eigenvalue weighted by atomic mass is 9.93. The number of benzene rings is 3. The molecule has 0 fully saturated rings. The van der Waals surface area contributed by atoms with Crippen molar-refractivity contribution in [1.29, 1.82) is 0 Å². The van der Waals surface area contributed by atoms with Crippen LogP contribution in [0.15, 0.2) is 66.7 Å². The Kier molecular flexibility index (Phi) is 5.30. The van der Waals surface area contributed by atoms with Crippen LogP contribution in [0, 0.1) is 0 Å². The lowest BCUT2D eigenvalue weighted by Crippen LogP contribution is -2.36. The van der Waals surface area contributed by atoms with Gasteiger partial charge in [-0.3, -0.25) is 0 Å². The molecule has 3 unspecified atom stereocenters. The molecule has 3 N–H and O–H groups in total. The van der Waals surface area contributed by atoms with Crippen LogP contribution in [-0.2, 0) is 12.8 Å². The molecule has 5 nitrogen and oxygen atoms in total. The number of halogens is 1. The van der Waals surface area contributed by atoms with Gasteiger partial charge in [0.25, 0.3) is 0 Å². The molecule has 2 aliphatic rings. The quantitative estimate of drug-likeness (QED) is 0.531. The Labute approximate surface area is 186 Å². The highest BCUT2D eigenvalue weighted by Gasteiger charge is 2.31. The number of fused-ring (bicyclic) bond motifs is 2. The predicted molar refractivity (Wildman–Crippen MR) is 121 cm³/mol. The van der Waals surface area contributed by atoms with Crippen LogP contribution in [0.5, 0.6) is 5.75 Å². The molecule has 0 spiro atoms. The van der Waals surface area contributed by atoms with Gasteiger partial charge in [0.15, 0.2) is 0 Å². The molecule has 0 bridgehead atoms. The smallest absolute Gasteiger partial charge is 0.319 e. The van der Waals surface area contributed by atoms with Gasteiger partial charge in [0.2, 0.25) is 0 Å². The summed E-state index contributed by atoms with van der Waals surface area (Å²) < 4.78 is 6.22. The Morgan fingerprint density at radius 1 is 1.03 bits per heavy atom. The van der Waals surface area contributed by atoms with Crippen molar-refractivity contribution in [1.82, 2.24) is 5.32 Å². The average molecular weight is 435 g/mol. The van der Waals surface area contributed by atoms with E-state index in [0.717, 1.165) is 33.7 Å². The number of hydrogen-bond donors (Lipinski definition) is 3. The van der Waals surface area contributed by atoms with Gasteiger partial charge in [-0.15, -0.1) is 0 Å². The van der Waals surface area contributed by atoms with Gasteiger partial charge in [0.05, 0.1) is 12.1 Å². The van der Waals surface area contributed by atoms with Crippen molar-refractivity contribution in [3.63, 3.8) is 0 Å². The van der Waals surface area contributed by atoms with Crippen molar-refractivity contribution >= 4 is 23.3 Å². The maximum absolute atomic E-state index is 12.9. The van der Waals surface area contributed by atoms with Crippen LogP contribution < -0.4 is 15.4 Å². The van der Waals surface area contributed by atoms with E-state index in [0.29, 0.717) is 24.3 Å². The Morgan fingerprint density at radius 2 is 1.87 bits per heavy atom. The molecule has 158 valence electrons. The van der Waals surface area contributed by atoms with Gasteiger partial charge in [-0.05, 0) is 47.4 Å². The van der Waals surface area contributed by atoms with Gasteiger partial charge >= 0.3 is 6.03 Å². The van der Waals surface area contributed by atoms with E-state index < -0.39 is 0 Å². The summed E-state index contributed by atoms with van der Waals surface area (Å²) in [7, 11) is 0. The first-order chi connectivity index (χ1) is 15.1. The molecule has 3 atom stereocenters. The highest BCUT2D eigenvalue weighted by molar-refractivity contribution is 6.30. The summed E-state index contributed by atoms with van der Waals surface area (Å²) in [5, 5.41) is 16.7. The molecular formula is C25H23ClN2O3. The summed E-state index contributed by atoms with van der Waals surface area (Å²) in [5.41, 5.74) is 4.77. The van der Waals surface area contributed by atoms with Gasteiger partial charge in [0, 0.05) is 29.1 Å². The number of para-hydroxylation sites is 1. The average Bonchev–Trinajstić information content (AvgIpc) is 3.15. The molecular weight excluding hydrogens is 412 g/mol. The van der Waals surface area contributed by atoms with Gasteiger partial charge < -0.3 is 20.5 Å². The maximum Gasteiger partial charge on any atom is 0.319 e. The molecule has 0 saturated heterocycles. The van der Waals surface area contributed by atoms with Crippen molar-refractivity contribution in [2.75, 3.05) is 5.32 Å². The van der Waals surface area contributed by atoms with Gasteiger partial charge in [-0.1, -0.05) is 54.1 Å². The normalized spacial score (nSPS) is 21.5. The number of urea groups is 1. The zero-order chi connectivity index (χ0) is 21.4. The number of nitrogens with one attached hydrogen (secondary N) is 2. The van der Waals surface area contributed by atoms with Crippen LogP contribution in [0.1, 0.15) is 40.8 Å². The van der Waals surface area contributed by atoms with E-state index in [1.807, 2.05) is 66.7 Å². The molecule has 0 aromatic heterocycles. The number of carbonyl (C=O) groups is 1. The lowest BCUT2D eigenvalue weighted by molar-refractivity contribution is 0.153. The van der Waals surface area contributed by atoms with Crippen molar-refractivity contribution in [2.24, 2.45) is 0 Å². The fourth-order valence-electron chi connectivity index (χ4n) is 4.53. The summed E-state index contributed by atoms with van der Waals surface area (Å²) in [4.78, 5) is 12.9. The summed E-state index contributed by atoms with van der Waals surface area (Å²) in [5.74, 6) is 0.757. The van der Waals surface area contributed by atoms with Crippen molar-refractivity contribution in [2.45, 2.75) is 37.5 Å². The number of hydrogen-bond acceptors (Lipinski definition) is 3. The number of ether oxygens (including phenoxy) is 1. The molecule has 3 aromatic rings. The molecule has 1 heterocycles. The van der Waals surface area contributed by atoms with Gasteiger partial charge in [-0.25, -0.2) is 4.79 Å². The second-order valence-electron chi connectivity index (χ2n) is 8.09. The maximum atomic E-state index is 12.9. The first kappa shape index (κ1) is 19.9. The van der Waals surface area contributed by atoms with Crippen LogP contribution in [0.4, 0.5) is 10.5 Å². The number of amides is 2. The molecule has 1 aliphatic heterocycles. The highest BCUT2D eigenvalue weighted by atomic mass is 35.5. The van der Waals surface area contributed by atoms with Crippen molar-refractivity contribution in [3.05, 3.63) is 94.0 Å². The summed E-state index contributed by atoms with van der Waals surface area (Å²) >= 11 is 6.18. The second-order valence-corrected chi connectivity index (χ2v) is 8.53. The molecule has 2 amide bonds.